The summed E-state index contributed by atoms with van der Waals surface area (Å²) in [5, 5.41) is 10.3. The van der Waals surface area contributed by atoms with Crippen molar-refractivity contribution >= 4 is 5.97 Å². The Morgan fingerprint density at radius 3 is 2.76 bits per heavy atom. The van der Waals surface area contributed by atoms with Crippen molar-refractivity contribution in [3.63, 3.8) is 0 Å². The predicted octanol–water partition coefficient (Wildman–Crippen LogP) is 1.31. The van der Waals surface area contributed by atoms with Crippen molar-refractivity contribution in [1.29, 1.82) is 0 Å². The standard InChI is InChI=1S/C12H18O5/c1-7-6-12(14)10(11(3,4)16-17-12)5-9(7)15-8(2)13/h5,7,9,14H,6H2,1-4H3/t7-,9+,12+/m0/s1. The maximum Gasteiger partial charge on any atom is 0.303 e. The van der Waals surface area contributed by atoms with E-state index in [1.807, 2.05) is 6.92 Å². The van der Waals surface area contributed by atoms with Crippen LogP contribution in [0.3, 0.4) is 0 Å². The second kappa shape index (κ2) is 3.80. The van der Waals surface area contributed by atoms with E-state index in [0.29, 0.717) is 12.0 Å². The van der Waals surface area contributed by atoms with E-state index in [0.717, 1.165) is 0 Å². The zero-order chi connectivity index (χ0) is 12.8. The lowest BCUT2D eigenvalue weighted by atomic mass is 9.78. The van der Waals surface area contributed by atoms with E-state index >= 15 is 0 Å². The van der Waals surface area contributed by atoms with Crippen molar-refractivity contribution in [2.24, 2.45) is 5.92 Å². The largest absolute Gasteiger partial charge is 0.458 e. The first-order valence-corrected chi connectivity index (χ1v) is 5.74. The second-order valence-corrected chi connectivity index (χ2v) is 5.30. The van der Waals surface area contributed by atoms with E-state index in [4.69, 9.17) is 14.5 Å². The molecule has 0 saturated carbocycles. The molecule has 2 rings (SSSR count). The van der Waals surface area contributed by atoms with Gasteiger partial charge in [0, 0.05) is 24.8 Å². The van der Waals surface area contributed by atoms with Crippen LogP contribution >= 0.6 is 0 Å². The number of aliphatic hydroxyl groups is 1. The molecule has 0 bridgehead atoms. The average molecular weight is 242 g/mol. The summed E-state index contributed by atoms with van der Waals surface area (Å²) in [5.41, 5.74) is -0.0813. The van der Waals surface area contributed by atoms with Crippen molar-refractivity contribution < 1.29 is 24.4 Å². The highest BCUT2D eigenvalue weighted by Crippen LogP contribution is 2.47. The summed E-state index contributed by atoms with van der Waals surface area (Å²) < 4.78 is 5.21. The molecule has 5 nitrogen and oxygen atoms in total. The molecular weight excluding hydrogens is 224 g/mol. The van der Waals surface area contributed by atoms with Gasteiger partial charge in [0.1, 0.15) is 11.7 Å². The van der Waals surface area contributed by atoms with Crippen LogP contribution in [0.4, 0.5) is 0 Å². The third-order valence-corrected chi connectivity index (χ3v) is 3.25. The van der Waals surface area contributed by atoms with Gasteiger partial charge in [0.05, 0.1) is 0 Å². The Labute approximate surface area is 100 Å². The molecule has 3 atom stereocenters. The van der Waals surface area contributed by atoms with E-state index in [2.05, 4.69) is 0 Å². The van der Waals surface area contributed by atoms with Gasteiger partial charge in [-0.05, 0) is 19.9 Å². The van der Waals surface area contributed by atoms with Crippen molar-refractivity contribution in [2.45, 2.75) is 51.6 Å². The topological polar surface area (TPSA) is 65.0 Å². The van der Waals surface area contributed by atoms with Crippen LogP contribution in [0.2, 0.25) is 0 Å². The van der Waals surface area contributed by atoms with E-state index in [1.54, 1.807) is 19.9 Å². The Bertz CT molecular complexity index is 373. The highest BCUT2D eigenvalue weighted by atomic mass is 17.2. The molecule has 1 aliphatic heterocycles. The van der Waals surface area contributed by atoms with Crippen LogP contribution in [0.15, 0.2) is 11.6 Å². The van der Waals surface area contributed by atoms with Crippen LogP contribution in [0.1, 0.15) is 34.1 Å². The minimum Gasteiger partial charge on any atom is -0.458 e. The summed E-state index contributed by atoms with van der Waals surface area (Å²) in [6.45, 7) is 6.88. The minimum absolute atomic E-state index is 0.0230. The Hall–Kier alpha value is -0.910. The Morgan fingerprint density at radius 1 is 1.53 bits per heavy atom. The maximum atomic E-state index is 11.0. The number of fused-ring (bicyclic) bond motifs is 1. The van der Waals surface area contributed by atoms with Gasteiger partial charge in [-0.25, -0.2) is 4.89 Å². The van der Waals surface area contributed by atoms with Crippen LogP contribution in [-0.2, 0) is 19.3 Å². The lowest BCUT2D eigenvalue weighted by molar-refractivity contribution is -0.392. The van der Waals surface area contributed by atoms with Gasteiger partial charge in [0.25, 0.3) is 0 Å². The monoisotopic (exact) mass is 242 g/mol. The molecule has 0 aromatic heterocycles. The lowest BCUT2D eigenvalue weighted by Crippen LogP contribution is -2.43. The molecule has 0 spiro atoms. The maximum absolute atomic E-state index is 11.0. The number of carbonyl (C=O) groups is 1. The number of ether oxygens (including phenoxy) is 1. The van der Waals surface area contributed by atoms with E-state index in [9.17, 15) is 9.90 Å². The summed E-state index contributed by atoms with van der Waals surface area (Å²) in [6.07, 6.45) is 1.75. The first kappa shape index (κ1) is 12.5. The number of hydrogen-bond donors (Lipinski definition) is 1. The van der Waals surface area contributed by atoms with E-state index < -0.39 is 11.4 Å². The fraction of sp³-hybridized carbons (Fsp3) is 0.750. The molecule has 0 amide bonds. The Morgan fingerprint density at radius 2 is 2.18 bits per heavy atom. The first-order valence-electron chi connectivity index (χ1n) is 5.74. The van der Waals surface area contributed by atoms with Crippen molar-refractivity contribution in [2.75, 3.05) is 0 Å². The summed E-state index contributed by atoms with van der Waals surface area (Å²) in [4.78, 5) is 21.2. The van der Waals surface area contributed by atoms with Gasteiger partial charge in [0.2, 0.25) is 5.79 Å². The van der Waals surface area contributed by atoms with Gasteiger partial charge in [-0.1, -0.05) is 6.92 Å². The Balaban J connectivity index is 2.33. The zero-order valence-corrected chi connectivity index (χ0v) is 10.5. The quantitative estimate of drug-likeness (QED) is 0.426. The zero-order valence-electron chi connectivity index (χ0n) is 10.5. The predicted molar refractivity (Wildman–Crippen MR) is 58.6 cm³/mol. The van der Waals surface area contributed by atoms with Gasteiger partial charge < -0.3 is 9.84 Å². The number of hydrogen-bond acceptors (Lipinski definition) is 5. The smallest absolute Gasteiger partial charge is 0.303 e. The van der Waals surface area contributed by atoms with Crippen molar-refractivity contribution in [1.82, 2.24) is 0 Å². The van der Waals surface area contributed by atoms with Crippen LogP contribution in [0, 0.1) is 5.92 Å². The molecule has 0 radical (unpaired) electrons. The average Bonchev–Trinajstić information content (AvgIpc) is 2.40. The summed E-state index contributed by atoms with van der Waals surface area (Å²) >= 11 is 0. The molecule has 1 fully saturated rings. The van der Waals surface area contributed by atoms with E-state index in [-0.39, 0.29) is 18.0 Å². The molecule has 2 aliphatic rings. The fourth-order valence-electron chi connectivity index (χ4n) is 2.43. The van der Waals surface area contributed by atoms with Gasteiger partial charge >= 0.3 is 5.97 Å². The van der Waals surface area contributed by atoms with Gasteiger partial charge in [-0.15, -0.1) is 0 Å². The number of carbonyl (C=O) groups excluding carboxylic acids is 1. The third-order valence-electron chi connectivity index (χ3n) is 3.25. The summed E-state index contributed by atoms with van der Waals surface area (Å²) in [5.74, 6) is -1.74. The van der Waals surface area contributed by atoms with Crippen LogP contribution in [0.25, 0.3) is 0 Å². The van der Waals surface area contributed by atoms with Crippen LogP contribution < -0.4 is 0 Å². The Kier molecular flexibility index (Phi) is 2.80. The van der Waals surface area contributed by atoms with E-state index in [1.165, 1.54) is 6.92 Å². The molecule has 5 heteroatoms. The minimum atomic E-state index is -1.39. The van der Waals surface area contributed by atoms with Gasteiger partial charge in [-0.3, -0.25) is 4.79 Å². The van der Waals surface area contributed by atoms with Crippen LogP contribution in [0.5, 0.6) is 0 Å². The molecule has 1 heterocycles. The molecule has 1 saturated heterocycles. The molecule has 96 valence electrons. The van der Waals surface area contributed by atoms with Crippen molar-refractivity contribution in [3.05, 3.63) is 11.6 Å². The molecule has 17 heavy (non-hydrogen) atoms. The molecule has 1 aliphatic carbocycles. The van der Waals surface area contributed by atoms with Gasteiger partial charge in [0.15, 0.2) is 0 Å². The normalized spacial score (nSPS) is 39.5. The number of rotatable bonds is 1. The molecule has 0 aromatic carbocycles. The van der Waals surface area contributed by atoms with Crippen LogP contribution in [-0.4, -0.2) is 28.6 Å². The SMILES string of the molecule is CC(=O)O[C@@H]1C=C2C(C)(C)OO[C@]2(O)C[C@@H]1C. The third kappa shape index (κ3) is 2.10. The molecule has 0 aromatic rings. The number of esters is 1. The first-order chi connectivity index (χ1) is 7.74. The second-order valence-electron chi connectivity index (χ2n) is 5.30. The van der Waals surface area contributed by atoms with Crippen molar-refractivity contribution in [3.8, 4) is 0 Å². The molecular formula is C12H18O5. The highest BCUT2D eigenvalue weighted by molar-refractivity contribution is 5.66. The fourth-order valence-corrected chi connectivity index (χ4v) is 2.43. The summed E-state index contributed by atoms with van der Waals surface area (Å²) in [6, 6.07) is 0. The highest BCUT2D eigenvalue weighted by Gasteiger charge is 2.55. The summed E-state index contributed by atoms with van der Waals surface area (Å²) in [7, 11) is 0. The van der Waals surface area contributed by atoms with Gasteiger partial charge in [-0.2, -0.15) is 4.89 Å². The lowest BCUT2D eigenvalue weighted by Gasteiger charge is -2.34. The molecule has 1 N–H and O–H groups in total. The molecule has 0 unspecified atom stereocenters.